The number of fused-ring (bicyclic) bond motifs is 1. The van der Waals surface area contributed by atoms with Gasteiger partial charge in [-0.3, -0.25) is 0 Å². The molecule has 3 nitrogen and oxygen atoms in total. The molecule has 0 heterocycles. The van der Waals surface area contributed by atoms with Gasteiger partial charge in [0, 0.05) is 16.9 Å². The van der Waals surface area contributed by atoms with Crippen molar-refractivity contribution in [3.63, 3.8) is 0 Å². The van der Waals surface area contributed by atoms with Gasteiger partial charge in [0.15, 0.2) is 0 Å². The number of hydrogen-bond acceptors (Lipinski definition) is 1. The van der Waals surface area contributed by atoms with E-state index in [-0.39, 0.29) is 6.03 Å². The largest absolute Gasteiger partial charge is 0.323 e. The molecule has 114 valence electrons. The highest BCUT2D eigenvalue weighted by Crippen LogP contribution is 2.19. The van der Waals surface area contributed by atoms with Gasteiger partial charge in [0.25, 0.3) is 0 Å². The summed E-state index contributed by atoms with van der Waals surface area (Å²) in [5.74, 6) is 0. The second-order valence-corrected chi connectivity index (χ2v) is 5.42. The first-order chi connectivity index (χ1) is 11.2. The van der Waals surface area contributed by atoms with Gasteiger partial charge in [-0.25, -0.2) is 4.79 Å². The summed E-state index contributed by atoms with van der Waals surface area (Å²) in [6.45, 7) is 0. The van der Waals surface area contributed by atoms with Crippen molar-refractivity contribution in [1.29, 1.82) is 0 Å². The van der Waals surface area contributed by atoms with E-state index >= 15 is 0 Å². The number of carbonyl (C=O) groups is 1. The van der Waals surface area contributed by atoms with Crippen LogP contribution in [0.2, 0.25) is 5.02 Å². The zero-order valence-electron chi connectivity index (χ0n) is 12.3. The number of benzene rings is 3. The maximum Gasteiger partial charge on any atom is 0.323 e. The fraction of sp³-hybridized carbons (Fsp3) is 0. The van der Waals surface area contributed by atoms with Crippen LogP contribution in [0, 0.1) is 0 Å². The Labute approximate surface area is 139 Å². The fourth-order valence-corrected chi connectivity index (χ4v) is 2.45. The molecule has 23 heavy (non-hydrogen) atoms. The molecule has 0 unspecified atom stereocenters. The zero-order chi connectivity index (χ0) is 16.1. The van der Waals surface area contributed by atoms with E-state index in [1.54, 1.807) is 18.3 Å². The highest BCUT2D eigenvalue weighted by atomic mass is 35.5. The summed E-state index contributed by atoms with van der Waals surface area (Å²) < 4.78 is 0. The lowest BCUT2D eigenvalue weighted by Gasteiger charge is -2.06. The van der Waals surface area contributed by atoms with Gasteiger partial charge in [0.05, 0.1) is 0 Å². The first-order valence-corrected chi connectivity index (χ1v) is 7.57. The number of urea groups is 1. The Morgan fingerprint density at radius 1 is 0.913 bits per heavy atom. The minimum absolute atomic E-state index is 0.302. The lowest BCUT2D eigenvalue weighted by atomic mass is 10.1. The maximum atomic E-state index is 11.9. The number of carbonyl (C=O) groups excluding carboxylic acids is 1. The minimum atomic E-state index is -0.302. The molecule has 2 N–H and O–H groups in total. The molecule has 0 aliphatic carbocycles. The molecule has 0 spiro atoms. The van der Waals surface area contributed by atoms with Crippen LogP contribution in [-0.4, -0.2) is 6.03 Å². The number of hydrogen-bond donors (Lipinski definition) is 2. The van der Waals surface area contributed by atoms with Gasteiger partial charge in [0.1, 0.15) is 0 Å². The molecular weight excluding hydrogens is 308 g/mol. The van der Waals surface area contributed by atoms with Gasteiger partial charge in [-0.15, -0.1) is 0 Å². The van der Waals surface area contributed by atoms with Crippen LogP contribution in [0.15, 0.2) is 72.9 Å². The summed E-state index contributed by atoms with van der Waals surface area (Å²) in [6.07, 6.45) is 3.32. The summed E-state index contributed by atoms with van der Waals surface area (Å²) in [7, 11) is 0. The number of anilines is 1. The Morgan fingerprint density at radius 3 is 2.48 bits per heavy atom. The van der Waals surface area contributed by atoms with E-state index in [4.69, 9.17) is 11.6 Å². The normalized spacial score (nSPS) is 10.8. The number of halogens is 1. The molecule has 0 radical (unpaired) electrons. The van der Waals surface area contributed by atoms with Crippen molar-refractivity contribution in [2.45, 2.75) is 0 Å². The van der Waals surface area contributed by atoms with E-state index < -0.39 is 0 Å². The van der Waals surface area contributed by atoms with E-state index in [2.05, 4.69) is 10.6 Å². The maximum absolute atomic E-state index is 11.9. The predicted octanol–water partition coefficient (Wildman–Crippen LogP) is 5.29. The third-order valence-corrected chi connectivity index (χ3v) is 3.73. The standard InChI is InChI=1S/C19H15ClN2O/c20-18-8-4-3-6-15(18)11-12-21-19(23)22-17-10-9-14-5-1-2-7-16(14)13-17/h1-13H,(H2,21,22,23)/b12-11+. The minimum Gasteiger partial charge on any atom is -0.314 e. The van der Waals surface area contributed by atoms with Crippen molar-refractivity contribution >= 4 is 40.2 Å². The van der Waals surface area contributed by atoms with Crippen molar-refractivity contribution in [3.8, 4) is 0 Å². The highest BCUT2D eigenvalue weighted by Gasteiger charge is 2.01. The summed E-state index contributed by atoms with van der Waals surface area (Å²) >= 11 is 6.05. The van der Waals surface area contributed by atoms with E-state index in [0.717, 1.165) is 22.0 Å². The van der Waals surface area contributed by atoms with Crippen molar-refractivity contribution in [2.75, 3.05) is 5.32 Å². The highest BCUT2D eigenvalue weighted by molar-refractivity contribution is 6.32. The van der Waals surface area contributed by atoms with Crippen LogP contribution in [0.1, 0.15) is 5.56 Å². The molecule has 0 saturated heterocycles. The second kappa shape index (κ2) is 6.99. The van der Waals surface area contributed by atoms with Crippen LogP contribution in [0.3, 0.4) is 0 Å². The molecule has 0 saturated carbocycles. The SMILES string of the molecule is O=C(N/C=C/c1ccccc1Cl)Nc1ccc2ccccc2c1. The quantitative estimate of drug-likeness (QED) is 0.676. The molecule has 3 rings (SSSR count). The summed E-state index contributed by atoms with van der Waals surface area (Å²) in [4.78, 5) is 11.9. The third kappa shape index (κ3) is 3.90. The van der Waals surface area contributed by atoms with E-state index in [1.165, 1.54) is 0 Å². The van der Waals surface area contributed by atoms with Crippen molar-refractivity contribution < 1.29 is 4.79 Å². The number of rotatable bonds is 3. The molecule has 2 amide bonds. The van der Waals surface area contributed by atoms with Gasteiger partial charge >= 0.3 is 6.03 Å². The summed E-state index contributed by atoms with van der Waals surface area (Å²) in [6, 6.07) is 20.9. The van der Waals surface area contributed by atoms with E-state index in [0.29, 0.717) is 5.02 Å². The monoisotopic (exact) mass is 322 g/mol. The van der Waals surface area contributed by atoms with Crippen LogP contribution in [0.25, 0.3) is 16.8 Å². The molecular formula is C19H15ClN2O. The smallest absolute Gasteiger partial charge is 0.314 e. The second-order valence-electron chi connectivity index (χ2n) is 5.02. The molecule has 0 aromatic heterocycles. The number of amides is 2. The molecule has 0 fully saturated rings. The predicted molar refractivity (Wildman–Crippen MR) is 96.6 cm³/mol. The van der Waals surface area contributed by atoms with Gasteiger partial charge in [-0.2, -0.15) is 0 Å². The van der Waals surface area contributed by atoms with Gasteiger partial charge < -0.3 is 10.6 Å². The number of nitrogens with one attached hydrogen (secondary N) is 2. The molecule has 3 aromatic carbocycles. The summed E-state index contributed by atoms with van der Waals surface area (Å²) in [5.41, 5.74) is 1.59. The lowest BCUT2D eigenvalue weighted by molar-refractivity contribution is 0.255. The van der Waals surface area contributed by atoms with Crippen LogP contribution in [0.5, 0.6) is 0 Å². The van der Waals surface area contributed by atoms with Crippen LogP contribution >= 0.6 is 11.6 Å². The molecule has 0 atom stereocenters. The summed E-state index contributed by atoms with van der Waals surface area (Å²) in [5, 5.41) is 8.32. The molecule has 0 aliphatic heterocycles. The lowest BCUT2D eigenvalue weighted by Crippen LogP contribution is -2.23. The van der Waals surface area contributed by atoms with E-state index in [1.807, 2.05) is 60.7 Å². The third-order valence-electron chi connectivity index (χ3n) is 3.39. The Bertz CT molecular complexity index is 874. The van der Waals surface area contributed by atoms with Crippen molar-refractivity contribution in [3.05, 3.63) is 83.5 Å². The molecule has 3 aromatic rings. The van der Waals surface area contributed by atoms with Crippen LogP contribution < -0.4 is 10.6 Å². The average molecular weight is 323 g/mol. The van der Waals surface area contributed by atoms with Crippen LogP contribution in [0.4, 0.5) is 10.5 Å². The molecule has 4 heteroatoms. The van der Waals surface area contributed by atoms with E-state index in [9.17, 15) is 4.79 Å². The fourth-order valence-electron chi connectivity index (χ4n) is 2.25. The first kappa shape index (κ1) is 15.1. The topological polar surface area (TPSA) is 41.1 Å². The Hall–Kier alpha value is -2.78. The molecule has 0 aliphatic rings. The molecule has 0 bridgehead atoms. The van der Waals surface area contributed by atoms with Crippen LogP contribution in [-0.2, 0) is 0 Å². The van der Waals surface area contributed by atoms with Gasteiger partial charge in [-0.1, -0.05) is 60.1 Å². The van der Waals surface area contributed by atoms with Gasteiger partial charge in [-0.05, 0) is 40.6 Å². The Morgan fingerprint density at radius 2 is 1.65 bits per heavy atom. The zero-order valence-corrected chi connectivity index (χ0v) is 13.0. The van der Waals surface area contributed by atoms with Crippen molar-refractivity contribution in [2.24, 2.45) is 0 Å². The first-order valence-electron chi connectivity index (χ1n) is 7.20. The van der Waals surface area contributed by atoms with Gasteiger partial charge in [0.2, 0.25) is 0 Å². The Kier molecular flexibility index (Phi) is 4.60. The average Bonchev–Trinajstić information content (AvgIpc) is 2.56. The Balaban J connectivity index is 1.63. The van der Waals surface area contributed by atoms with Crippen molar-refractivity contribution in [1.82, 2.24) is 5.32 Å².